The minimum atomic E-state index is -0.614. The standard InChI is InChI=1S/C19H17N5O3/c1-23-15-9-5-4-8-14(15)21-16(23)10-20-17(25)11-24-18(26)12-6-2-3-7-13(12)22-19(24)27/h2-9H,10-11H2,1H3,(H,20,25)(H,22,27). The molecule has 0 saturated heterocycles. The number of H-pyrrole nitrogens is 1. The first-order chi connectivity index (χ1) is 13.0. The highest BCUT2D eigenvalue weighted by atomic mass is 16.2. The Morgan fingerprint density at radius 2 is 1.85 bits per heavy atom. The number of aryl methyl sites for hydroxylation is 1. The molecule has 1 amide bonds. The van der Waals surface area contributed by atoms with Gasteiger partial charge in [-0.3, -0.25) is 14.2 Å². The Hall–Kier alpha value is -3.68. The third-order valence-corrected chi connectivity index (χ3v) is 4.51. The van der Waals surface area contributed by atoms with Crippen molar-refractivity contribution in [1.82, 2.24) is 24.4 Å². The van der Waals surface area contributed by atoms with Gasteiger partial charge in [-0.2, -0.15) is 0 Å². The number of hydrogen-bond donors (Lipinski definition) is 2. The molecule has 0 unspecified atom stereocenters. The summed E-state index contributed by atoms with van der Waals surface area (Å²) >= 11 is 0. The van der Waals surface area contributed by atoms with Gasteiger partial charge in [0.15, 0.2) is 0 Å². The summed E-state index contributed by atoms with van der Waals surface area (Å²) in [6.45, 7) is -0.160. The molecule has 0 spiro atoms. The molecule has 2 aromatic carbocycles. The van der Waals surface area contributed by atoms with Crippen LogP contribution in [0.3, 0.4) is 0 Å². The molecule has 136 valence electrons. The number of imidazole rings is 1. The maximum atomic E-state index is 12.5. The molecule has 8 nitrogen and oxygen atoms in total. The predicted octanol–water partition coefficient (Wildman–Crippen LogP) is 0.893. The van der Waals surface area contributed by atoms with Crippen LogP contribution >= 0.6 is 0 Å². The smallest absolute Gasteiger partial charge is 0.329 e. The number of nitrogens with one attached hydrogen (secondary N) is 2. The van der Waals surface area contributed by atoms with Gasteiger partial charge in [0, 0.05) is 7.05 Å². The average molecular weight is 363 g/mol. The van der Waals surface area contributed by atoms with Gasteiger partial charge in [0.2, 0.25) is 5.91 Å². The minimum absolute atomic E-state index is 0.199. The van der Waals surface area contributed by atoms with Crippen LogP contribution in [0.25, 0.3) is 21.9 Å². The van der Waals surface area contributed by atoms with E-state index in [9.17, 15) is 14.4 Å². The lowest BCUT2D eigenvalue weighted by Crippen LogP contribution is -2.40. The summed E-state index contributed by atoms with van der Waals surface area (Å²) in [5, 5.41) is 3.08. The molecule has 0 radical (unpaired) electrons. The number of carbonyl (C=O) groups is 1. The molecule has 2 heterocycles. The van der Waals surface area contributed by atoms with Crippen LogP contribution in [0.15, 0.2) is 58.1 Å². The molecule has 2 N–H and O–H groups in total. The van der Waals surface area contributed by atoms with Crippen LogP contribution in [0, 0.1) is 0 Å². The second-order valence-corrected chi connectivity index (χ2v) is 6.22. The number of aromatic nitrogens is 4. The predicted molar refractivity (Wildman–Crippen MR) is 101 cm³/mol. The van der Waals surface area contributed by atoms with Crippen molar-refractivity contribution in [2.24, 2.45) is 7.05 Å². The molecule has 0 aliphatic rings. The number of carbonyl (C=O) groups excluding carboxylic acids is 1. The third kappa shape index (κ3) is 3.01. The zero-order valence-electron chi connectivity index (χ0n) is 14.6. The Morgan fingerprint density at radius 3 is 2.67 bits per heavy atom. The monoisotopic (exact) mass is 363 g/mol. The van der Waals surface area contributed by atoms with E-state index in [1.165, 1.54) is 0 Å². The lowest BCUT2D eigenvalue weighted by atomic mass is 10.2. The van der Waals surface area contributed by atoms with E-state index in [0.717, 1.165) is 15.6 Å². The van der Waals surface area contributed by atoms with Gasteiger partial charge >= 0.3 is 5.69 Å². The van der Waals surface area contributed by atoms with Gasteiger partial charge in [-0.05, 0) is 24.3 Å². The van der Waals surface area contributed by atoms with E-state index < -0.39 is 17.2 Å². The van der Waals surface area contributed by atoms with Crippen molar-refractivity contribution in [1.29, 1.82) is 0 Å². The minimum Gasteiger partial charge on any atom is -0.347 e. The molecule has 0 saturated carbocycles. The highest BCUT2D eigenvalue weighted by Crippen LogP contribution is 2.13. The Balaban J connectivity index is 1.54. The van der Waals surface area contributed by atoms with E-state index in [2.05, 4.69) is 15.3 Å². The molecule has 0 fully saturated rings. The Kier molecular flexibility index (Phi) is 4.08. The number of rotatable bonds is 4. The van der Waals surface area contributed by atoms with Crippen LogP contribution in [-0.4, -0.2) is 25.0 Å². The van der Waals surface area contributed by atoms with Crippen molar-refractivity contribution in [3.63, 3.8) is 0 Å². The normalized spacial score (nSPS) is 11.1. The van der Waals surface area contributed by atoms with Crippen LogP contribution in [-0.2, 0) is 24.9 Å². The van der Waals surface area contributed by atoms with Gasteiger partial charge < -0.3 is 14.9 Å². The quantitative estimate of drug-likeness (QED) is 0.562. The Bertz CT molecular complexity index is 1280. The fourth-order valence-electron chi connectivity index (χ4n) is 3.07. The number of benzene rings is 2. The van der Waals surface area contributed by atoms with Crippen molar-refractivity contribution in [2.45, 2.75) is 13.1 Å². The molecule has 0 aliphatic carbocycles. The summed E-state index contributed by atoms with van der Waals surface area (Å²) in [6.07, 6.45) is 0. The van der Waals surface area contributed by atoms with Crippen LogP contribution in [0.5, 0.6) is 0 Å². The Labute approximate surface area is 153 Å². The van der Waals surface area contributed by atoms with Crippen LogP contribution in [0.2, 0.25) is 0 Å². The number of fused-ring (bicyclic) bond motifs is 2. The molecule has 0 atom stereocenters. The maximum absolute atomic E-state index is 12.5. The molecule has 0 aliphatic heterocycles. The average Bonchev–Trinajstić information content (AvgIpc) is 2.99. The molecule has 2 aromatic heterocycles. The molecule has 4 rings (SSSR count). The highest BCUT2D eigenvalue weighted by molar-refractivity contribution is 5.79. The summed E-state index contributed by atoms with van der Waals surface area (Å²) in [5.74, 6) is 0.245. The van der Waals surface area contributed by atoms with Gasteiger partial charge in [0.1, 0.15) is 12.4 Å². The lowest BCUT2D eigenvalue weighted by Gasteiger charge is -2.08. The summed E-state index contributed by atoms with van der Waals surface area (Å²) in [6, 6.07) is 14.4. The van der Waals surface area contributed by atoms with Gasteiger partial charge in [-0.15, -0.1) is 0 Å². The number of nitrogens with zero attached hydrogens (tertiary/aromatic N) is 3. The number of hydrogen-bond acceptors (Lipinski definition) is 4. The van der Waals surface area contributed by atoms with Crippen LogP contribution in [0.4, 0.5) is 0 Å². The van der Waals surface area contributed by atoms with E-state index in [0.29, 0.717) is 16.7 Å². The zero-order valence-corrected chi connectivity index (χ0v) is 14.6. The molecule has 0 bridgehead atoms. The maximum Gasteiger partial charge on any atom is 0.329 e. The first-order valence-corrected chi connectivity index (χ1v) is 8.43. The number of amides is 1. The molecular formula is C19H17N5O3. The van der Waals surface area contributed by atoms with E-state index in [4.69, 9.17) is 0 Å². The topological polar surface area (TPSA) is 102 Å². The summed E-state index contributed by atoms with van der Waals surface area (Å²) < 4.78 is 2.79. The first-order valence-electron chi connectivity index (χ1n) is 8.43. The fourth-order valence-corrected chi connectivity index (χ4v) is 3.07. The number of aromatic amines is 1. The van der Waals surface area contributed by atoms with Gasteiger partial charge in [0.05, 0.1) is 28.5 Å². The fraction of sp³-hybridized carbons (Fsp3) is 0.158. The number of para-hydroxylation sites is 3. The van der Waals surface area contributed by atoms with Crippen LogP contribution < -0.4 is 16.6 Å². The van der Waals surface area contributed by atoms with E-state index in [1.54, 1.807) is 24.3 Å². The molecule has 8 heteroatoms. The van der Waals surface area contributed by atoms with Crippen molar-refractivity contribution in [3.8, 4) is 0 Å². The van der Waals surface area contributed by atoms with Crippen molar-refractivity contribution >= 4 is 27.8 Å². The third-order valence-electron chi connectivity index (χ3n) is 4.51. The second kappa shape index (κ2) is 6.56. The molecular weight excluding hydrogens is 346 g/mol. The van der Waals surface area contributed by atoms with E-state index in [1.807, 2.05) is 35.9 Å². The summed E-state index contributed by atoms with van der Waals surface area (Å²) in [4.78, 5) is 44.0. The largest absolute Gasteiger partial charge is 0.347 e. The second-order valence-electron chi connectivity index (χ2n) is 6.22. The highest BCUT2D eigenvalue weighted by Gasteiger charge is 2.12. The van der Waals surface area contributed by atoms with Gasteiger partial charge in [0.25, 0.3) is 5.56 Å². The van der Waals surface area contributed by atoms with Gasteiger partial charge in [-0.25, -0.2) is 9.78 Å². The van der Waals surface area contributed by atoms with E-state index in [-0.39, 0.29) is 13.1 Å². The van der Waals surface area contributed by atoms with Crippen molar-refractivity contribution < 1.29 is 4.79 Å². The Morgan fingerprint density at radius 1 is 1.11 bits per heavy atom. The lowest BCUT2D eigenvalue weighted by molar-refractivity contribution is -0.122. The van der Waals surface area contributed by atoms with Crippen molar-refractivity contribution in [3.05, 3.63) is 75.2 Å². The SMILES string of the molecule is Cn1c(CNC(=O)Cn2c(=O)[nH]c3ccccc3c2=O)nc2ccccc21. The first kappa shape index (κ1) is 16.8. The summed E-state index contributed by atoms with van der Waals surface area (Å²) in [7, 11) is 1.87. The molecule has 4 aromatic rings. The zero-order chi connectivity index (χ0) is 19.0. The summed E-state index contributed by atoms with van der Waals surface area (Å²) in [5.41, 5.74) is 1.14. The van der Waals surface area contributed by atoms with E-state index >= 15 is 0 Å². The van der Waals surface area contributed by atoms with Crippen molar-refractivity contribution in [2.75, 3.05) is 0 Å². The van der Waals surface area contributed by atoms with Crippen LogP contribution in [0.1, 0.15) is 5.82 Å². The van der Waals surface area contributed by atoms with Gasteiger partial charge in [-0.1, -0.05) is 24.3 Å². The molecule has 27 heavy (non-hydrogen) atoms.